The number of aliphatic carboxylic acids is 1. The summed E-state index contributed by atoms with van der Waals surface area (Å²) in [5.41, 5.74) is 0. The fraction of sp³-hybridized carbons (Fsp3) is 0.778. The van der Waals surface area contributed by atoms with Crippen LogP contribution < -0.4 is 0 Å². The molecular formula is C9H15NO6S2. The average Bonchev–Trinajstić information content (AvgIpc) is 2.27. The molecule has 0 aromatic rings. The lowest BCUT2D eigenvalue weighted by Gasteiger charge is -2.32. The van der Waals surface area contributed by atoms with Crippen molar-refractivity contribution in [2.24, 2.45) is 0 Å². The molecule has 0 aromatic heterocycles. The fourth-order valence-corrected chi connectivity index (χ4v) is 4.22. The van der Waals surface area contributed by atoms with Crippen molar-refractivity contribution in [1.82, 2.24) is 4.31 Å². The number of rotatable bonds is 5. The Balaban J connectivity index is 2.88. The van der Waals surface area contributed by atoms with E-state index in [0.717, 1.165) is 4.31 Å². The molecule has 7 nitrogen and oxygen atoms in total. The third kappa shape index (κ3) is 3.85. The first-order valence-electron chi connectivity index (χ1n) is 5.34. The Morgan fingerprint density at radius 3 is 2.72 bits per heavy atom. The highest BCUT2D eigenvalue weighted by molar-refractivity contribution is 7.99. The summed E-state index contributed by atoms with van der Waals surface area (Å²) in [6, 6.07) is -0.923. The van der Waals surface area contributed by atoms with E-state index in [2.05, 4.69) is 0 Å². The molecule has 0 saturated carbocycles. The lowest BCUT2D eigenvalue weighted by Crippen LogP contribution is -2.52. The highest BCUT2D eigenvalue weighted by atomic mass is 32.2. The summed E-state index contributed by atoms with van der Waals surface area (Å²) in [6.07, 6.45) is 0. The van der Waals surface area contributed by atoms with E-state index in [1.807, 2.05) is 0 Å². The van der Waals surface area contributed by atoms with Crippen LogP contribution >= 0.6 is 11.8 Å². The van der Waals surface area contributed by atoms with Crippen molar-refractivity contribution in [1.29, 1.82) is 0 Å². The van der Waals surface area contributed by atoms with Gasteiger partial charge in [0.05, 0.1) is 6.61 Å². The van der Waals surface area contributed by atoms with Gasteiger partial charge in [-0.25, -0.2) is 8.42 Å². The van der Waals surface area contributed by atoms with Crippen LogP contribution in [0.15, 0.2) is 0 Å². The summed E-state index contributed by atoms with van der Waals surface area (Å²) in [4.78, 5) is 22.2. The molecule has 0 amide bonds. The lowest BCUT2D eigenvalue weighted by atomic mass is 10.3. The summed E-state index contributed by atoms with van der Waals surface area (Å²) in [5, 5.41) is 8.58. The van der Waals surface area contributed by atoms with Gasteiger partial charge in [-0.05, 0) is 6.92 Å². The number of carbonyl (C=O) groups excluding carboxylic acids is 1. The molecule has 1 atom stereocenters. The minimum atomic E-state index is -3.98. The van der Waals surface area contributed by atoms with Crippen molar-refractivity contribution in [2.75, 3.05) is 30.4 Å². The normalized spacial score (nSPS) is 21.5. The standard InChI is InChI=1S/C9H15NO6S2/c1-2-16-9(13)7-5-17-4-3-10(7)18(14,15)6-8(11)12/h7H,2-6H2,1H3,(H,11,12). The maximum absolute atomic E-state index is 11.8. The molecule has 9 heteroatoms. The predicted octanol–water partition coefficient (Wildman–Crippen LogP) is -0.619. The van der Waals surface area contributed by atoms with Gasteiger partial charge in [-0.3, -0.25) is 9.59 Å². The van der Waals surface area contributed by atoms with E-state index in [1.54, 1.807) is 6.92 Å². The van der Waals surface area contributed by atoms with E-state index in [-0.39, 0.29) is 18.9 Å². The zero-order valence-corrected chi connectivity index (χ0v) is 11.5. The Bertz CT molecular complexity index is 421. The molecule has 1 unspecified atom stereocenters. The molecule has 1 saturated heterocycles. The third-order valence-electron chi connectivity index (χ3n) is 2.30. The minimum absolute atomic E-state index is 0.129. The summed E-state index contributed by atoms with van der Waals surface area (Å²) in [5.74, 6) is -2.24. The second-order valence-corrected chi connectivity index (χ2v) is 6.67. The number of hydrogen-bond donors (Lipinski definition) is 1. The smallest absolute Gasteiger partial charge is 0.325 e. The summed E-state index contributed by atoms with van der Waals surface area (Å²) >= 11 is 1.44. The monoisotopic (exact) mass is 297 g/mol. The Labute approximate surface area is 110 Å². The van der Waals surface area contributed by atoms with Crippen molar-refractivity contribution in [3.63, 3.8) is 0 Å². The summed E-state index contributed by atoms with van der Waals surface area (Å²) in [6.45, 7) is 1.92. The van der Waals surface area contributed by atoms with Crippen LogP contribution in [-0.2, 0) is 24.3 Å². The van der Waals surface area contributed by atoms with Crippen LogP contribution in [0.3, 0.4) is 0 Å². The van der Waals surface area contributed by atoms with Gasteiger partial charge in [0.15, 0.2) is 5.75 Å². The van der Waals surface area contributed by atoms with Gasteiger partial charge in [-0.2, -0.15) is 16.1 Å². The summed E-state index contributed by atoms with van der Waals surface area (Å²) in [7, 11) is -3.98. The first-order chi connectivity index (χ1) is 8.38. The zero-order valence-electron chi connectivity index (χ0n) is 9.87. The van der Waals surface area contributed by atoms with Gasteiger partial charge in [0.2, 0.25) is 10.0 Å². The molecule has 1 heterocycles. The average molecular weight is 297 g/mol. The molecule has 1 aliphatic heterocycles. The SMILES string of the molecule is CCOC(=O)C1CSCCN1S(=O)(=O)CC(=O)O. The highest BCUT2D eigenvalue weighted by Crippen LogP contribution is 2.21. The van der Waals surface area contributed by atoms with E-state index in [1.165, 1.54) is 11.8 Å². The van der Waals surface area contributed by atoms with Gasteiger partial charge >= 0.3 is 11.9 Å². The molecular weight excluding hydrogens is 282 g/mol. The first kappa shape index (κ1) is 15.3. The molecule has 0 aromatic carbocycles. The van der Waals surface area contributed by atoms with Crippen LogP contribution in [0.4, 0.5) is 0 Å². The van der Waals surface area contributed by atoms with Crippen LogP contribution in [-0.4, -0.2) is 66.2 Å². The van der Waals surface area contributed by atoms with Crippen molar-refractivity contribution in [3.05, 3.63) is 0 Å². The van der Waals surface area contributed by atoms with Crippen molar-refractivity contribution >= 4 is 33.7 Å². The number of sulfonamides is 1. The first-order valence-corrected chi connectivity index (χ1v) is 8.10. The Morgan fingerprint density at radius 1 is 1.50 bits per heavy atom. The largest absolute Gasteiger partial charge is 0.480 e. The topological polar surface area (TPSA) is 101 Å². The van der Waals surface area contributed by atoms with E-state index in [9.17, 15) is 18.0 Å². The molecule has 104 valence electrons. The van der Waals surface area contributed by atoms with E-state index in [4.69, 9.17) is 9.84 Å². The Kier molecular flexibility index (Phi) is 5.42. The summed E-state index contributed by atoms with van der Waals surface area (Å²) < 4.78 is 29.4. The van der Waals surface area contributed by atoms with Gasteiger partial charge in [-0.15, -0.1) is 0 Å². The van der Waals surface area contributed by atoms with Gasteiger partial charge in [0, 0.05) is 18.1 Å². The van der Waals surface area contributed by atoms with Crippen LogP contribution in [0.5, 0.6) is 0 Å². The van der Waals surface area contributed by atoms with E-state index >= 15 is 0 Å². The second kappa shape index (κ2) is 6.39. The van der Waals surface area contributed by atoms with Crippen LogP contribution in [0.25, 0.3) is 0 Å². The van der Waals surface area contributed by atoms with Gasteiger partial charge in [-0.1, -0.05) is 0 Å². The number of esters is 1. The van der Waals surface area contributed by atoms with Crippen LogP contribution in [0, 0.1) is 0 Å². The highest BCUT2D eigenvalue weighted by Gasteiger charge is 2.38. The number of carboxylic acids is 1. The maximum Gasteiger partial charge on any atom is 0.325 e. The van der Waals surface area contributed by atoms with Gasteiger partial charge in [0.25, 0.3) is 0 Å². The lowest BCUT2D eigenvalue weighted by molar-refractivity contribution is -0.147. The molecule has 18 heavy (non-hydrogen) atoms. The number of nitrogens with zero attached hydrogens (tertiary/aromatic N) is 1. The Morgan fingerprint density at radius 2 is 2.17 bits per heavy atom. The van der Waals surface area contributed by atoms with Gasteiger partial charge < -0.3 is 9.84 Å². The Hall–Kier alpha value is -0.800. The molecule has 1 aliphatic rings. The molecule has 0 spiro atoms. The fourth-order valence-electron chi connectivity index (χ4n) is 1.58. The molecule has 1 rings (SSSR count). The second-order valence-electron chi connectivity index (χ2n) is 3.60. The molecule has 1 fully saturated rings. The molecule has 0 aliphatic carbocycles. The van der Waals surface area contributed by atoms with Gasteiger partial charge in [0.1, 0.15) is 6.04 Å². The zero-order chi connectivity index (χ0) is 13.8. The van der Waals surface area contributed by atoms with Crippen molar-refractivity contribution in [2.45, 2.75) is 13.0 Å². The van der Waals surface area contributed by atoms with E-state index in [0.29, 0.717) is 5.75 Å². The van der Waals surface area contributed by atoms with E-state index < -0.39 is 33.8 Å². The number of carbonyl (C=O) groups is 2. The number of ether oxygens (including phenoxy) is 1. The maximum atomic E-state index is 11.8. The van der Waals surface area contributed by atoms with Crippen LogP contribution in [0.2, 0.25) is 0 Å². The number of hydrogen-bond acceptors (Lipinski definition) is 6. The number of carboxylic acid groups (broad SMARTS) is 1. The third-order valence-corrected chi connectivity index (χ3v) is 5.09. The van der Waals surface area contributed by atoms with Crippen LogP contribution in [0.1, 0.15) is 6.92 Å². The molecule has 0 radical (unpaired) electrons. The van der Waals surface area contributed by atoms with Crippen molar-refractivity contribution in [3.8, 4) is 0 Å². The van der Waals surface area contributed by atoms with Crippen molar-refractivity contribution < 1.29 is 27.9 Å². The quantitative estimate of drug-likeness (QED) is 0.675. The number of thioether (sulfide) groups is 1. The minimum Gasteiger partial charge on any atom is -0.480 e. The molecule has 0 bridgehead atoms. The molecule has 1 N–H and O–H groups in total. The predicted molar refractivity (Wildman–Crippen MR) is 65.9 cm³/mol.